The average molecular weight is 283 g/mol. The zero-order valence-electron chi connectivity index (χ0n) is 11.8. The molecule has 0 bridgehead atoms. The SMILES string of the molecule is COC(CC(=O)O)CN1C(=O)CC2(CCCC2)CC1=O. The third-order valence-corrected chi connectivity index (χ3v) is 4.44. The fourth-order valence-electron chi connectivity index (χ4n) is 3.34. The summed E-state index contributed by atoms with van der Waals surface area (Å²) in [6.07, 6.45) is 4.02. The van der Waals surface area contributed by atoms with Crippen molar-refractivity contribution >= 4 is 17.8 Å². The summed E-state index contributed by atoms with van der Waals surface area (Å²) in [6, 6.07) is 0. The van der Waals surface area contributed by atoms with Crippen molar-refractivity contribution in [1.29, 1.82) is 0 Å². The lowest BCUT2D eigenvalue weighted by molar-refractivity contribution is -0.157. The van der Waals surface area contributed by atoms with Crippen LogP contribution in [0.1, 0.15) is 44.9 Å². The number of carbonyl (C=O) groups excluding carboxylic acids is 2. The minimum Gasteiger partial charge on any atom is -0.481 e. The van der Waals surface area contributed by atoms with E-state index in [4.69, 9.17) is 9.84 Å². The number of imide groups is 1. The van der Waals surface area contributed by atoms with Crippen LogP contribution in [-0.2, 0) is 19.1 Å². The third-order valence-electron chi connectivity index (χ3n) is 4.44. The van der Waals surface area contributed by atoms with E-state index in [-0.39, 0.29) is 30.2 Å². The van der Waals surface area contributed by atoms with E-state index >= 15 is 0 Å². The van der Waals surface area contributed by atoms with Crippen LogP contribution < -0.4 is 0 Å². The number of aliphatic carboxylic acids is 1. The molecule has 2 amide bonds. The van der Waals surface area contributed by atoms with E-state index in [1.165, 1.54) is 12.0 Å². The molecule has 2 aliphatic rings. The van der Waals surface area contributed by atoms with Crippen LogP contribution >= 0.6 is 0 Å². The van der Waals surface area contributed by atoms with Crippen molar-refractivity contribution in [3.05, 3.63) is 0 Å². The molecular weight excluding hydrogens is 262 g/mol. The van der Waals surface area contributed by atoms with Crippen molar-refractivity contribution in [2.45, 2.75) is 51.0 Å². The molecule has 112 valence electrons. The van der Waals surface area contributed by atoms with E-state index in [0.29, 0.717) is 12.8 Å². The van der Waals surface area contributed by atoms with Gasteiger partial charge in [0.2, 0.25) is 11.8 Å². The number of ether oxygens (including phenoxy) is 1. The van der Waals surface area contributed by atoms with Crippen molar-refractivity contribution in [3.8, 4) is 0 Å². The molecule has 1 heterocycles. The summed E-state index contributed by atoms with van der Waals surface area (Å²) in [6.45, 7) is 0.0382. The molecule has 1 atom stereocenters. The molecule has 6 nitrogen and oxygen atoms in total. The highest BCUT2D eigenvalue weighted by molar-refractivity contribution is 5.98. The number of piperidine rings is 1. The second kappa shape index (κ2) is 5.91. The predicted molar refractivity (Wildman–Crippen MR) is 69.9 cm³/mol. The second-order valence-electron chi connectivity index (χ2n) is 5.91. The van der Waals surface area contributed by atoms with Crippen LogP contribution in [0.2, 0.25) is 0 Å². The number of likely N-dealkylation sites (tertiary alicyclic amines) is 1. The molecule has 1 aliphatic heterocycles. The van der Waals surface area contributed by atoms with Crippen LogP contribution in [0.25, 0.3) is 0 Å². The van der Waals surface area contributed by atoms with Gasteiger partial charge < -0.3 is 9.84 Å². The number of amides is 2. The summed E-state index contributed by atoms with van der Waals surface area (Å²) >= 11 is 0. The zero-order valence-corrected chi connectivity index (χ0v) is 11.8. The van der Waals surface area contributed by atoms with E-state index in [1.54, 1.807) is 0 Å². The number of carboxylic acid groups (broad SMARTS) is 1. The Balaban J connectivity index is 2.00. The molecule has 1 unspecified atom stereocenters. The lowest BCUT2D eigenvalue weighted by Gasteiger charge is -2.38. The van der Waals surface area contributed by atoms with Gasteiger partial charge in [-0.1, -0.05) is 12.8 Å². The van der Waals surface area contributed by atoms with Crippen LogP contribution in [0.3, 0.4) is 0 Å². The molecular formula is C14H21NO5. The highest BCUT2D eigenvalue weighted by Gasteiger charge is 2.45. The second-order valence-corrected chi connectivity index (χ2v) is 5.91. The standard InChI is InChI=1S/C14H21NO5/c1-20-10(6-13(18)19)9-15-11(16)7-14(8-12(15)17)4-2-3-5-14/h10H,2-9H2,1H3,(H,18,19). The van der Waals surface area contributed by atoms with Gasteiger partial charge in [-0.15, -0.1) is 0 Å². The molecule has 20 heavy (non-hydrogen) atoms. The summed E-state index contributed by atoms with van der Waals surface area (Å²) < 4.78 is 5.05. The van der Waals surface area contributed by atoms with Crippen LogP contribution in [-0.4, -0.2) is 47.5 Å². The van der Waals surface area contributed by atoms with Crippen molar-refractivity contribution in [3.63, 3.8) is 0 Å². The number of rotatable bonds is 5. The van der Waals surface area contributed by atoms with Crippen LogP contribution in [0.4, 0.5) is 0 Å². The first kappa shape index (κ1) is 15.0. The molecule has 1 saturated heterocycles. The summed E-state index contributed by atoms with van der Waals surface area (Å²) in [4.78, 5) is 36.3. The summed E-state index contributed by atoms with van der Waals surface area (Å²) in [5.74, 6) is -1.37. The van der Waals surface area contributed by atoms with Crippen LogP contribution in [0.5, 0.6) is 0 Å². The van der Waals surface area contributed by atoms with Crippen LogP contribution in [0.15, 0.2) is 0 Å². The predicted octanol–water partition coefficient (Wildman–Crippen LogP) is 1.19. The Morgan fingerprint density at radius 2 is 1.85 bits per heavy atom. The molecule has 6 heteroatoms. The van der Waals surface area contributed by atoms with E-state index in [1.807, 2.05) is 0 Å². The average Bonchev–Trinajstić information content (AvgIpc) is 2.79. The minimum atomic E-state index is -0.999. The summed E-state index contributed by atoms with van der Waals surface area (Å²) in [5, 5.41) is 8.78. The Bertz CT molecular complexity index is 394. The third kappa shape index (κ3) is 3.17. The van der Waals surface area contributed by atoms with Gasteiger partial charge >= 0.3 is 5.97 Å². The number of carbonyl (C=O) groups is 3. The molecule has 2 fully saturated rings. The molecule has 1 aliphatic carbocycles. The van der Waals surface area contributed by atoms with Gasteiger partial charge in [0.15, 0.2) is 0 Å². The first-order valence-electron chi connectivity index (χ1n) is 7.03. The Morgan fingerprint density at radius 3 is 2.30 bits per heavy atom. The first-order chi connectivity index (χ1) is 9.46. The van der Waals surface area contributed by atoms with E-state index < -0.39 is 12.1 Å². The number of nitrogens with zero attached hydrogens (tertiary/aromatic N) is 1. The molecule has 1 N–H and O–H groups in total. The maximum atomic E-state index is 12.2. The van der Waals surface area contributed by atoms with E-state index in [9.17, 15) is 14.4 Å². The van der Waals surface area contributed by atoms with Crippen molar-refractivity contribution in [2.75, 3.05) is 13.7 Å². The van der Waals surface area contributed by atoms with Gasteiger partial charge in [-0.3, -0.25) is 19.3 Å². The lowest BCUT2D eigenvalue weighted by atomic mass is 9.76. The summed E-state index contributed by atoms with van der Waals surface area (Å²) in [7, 11) is 1.39. The van der Waals surface area contributed by atoms with E-state index in [2.05, 4.69) is 0 Å². The highest BCUT2D eigenvalue weighted by Crippen LogP contribution is 2.46. The Morgan fingerprint density at radius 1 is 1.30 bits per heavy atom. The monoisotopic (exact) mass is 283 g/mol. The van der Waals surface area contributed by atoms with Gasteiger partial charge in [-0.05, 0) is 18.3 Å². The van der Waals surface area contributed by atoms with Gasteiger partial charge in [0, 0.05) is 20.0 Å². The molecule has 0 aromatic heterocycles. The Kier molecular flexibility index (Phi) is 4.42. The van der Waals surface area contributed by atoms with Gasteiger partial charge in [0.25, 0.3) is 0 Å². The van der Waals surface area contributed by atoms with Crippen LogP contribution in [0, 0.1) is 5.41 Å². The molecule has 1 spiro atoms. The Labute approximate surface area is 118 Å². The molecule has 0 aromatic rings. The maximum absolute atomic E-state index is 12.2. The fraction of sp³-hybridized carbons (Fsp3) is 0.786. The largest absolute Gasteiger partial charge is 0.481 e. The number of methoxy groups -OCH3 is 1. The smallest absolute Gasteiger partial charge is 0.306 e. The highest BCUT2D eigenvalue weighted by atomic mass is 16.5. The molecule has 0 radical (unpaired) electrons. The quantitative estimate of drug-likeness (QED) is 0.766. The topological polar surface area (TPSA) is 83.9 Å². The number of hydrogen-bond acceptors (Lipinski definition) is 4. The van der Waals surface area contributed by atoms with Crippen molar-refractivity contribution < 1.29 is 24.2 Å². The zero-order chi connectivity index (χ0) is 14.8. The van der Waals surface area contributed by atoms with Crippen molar-refractivity contribution in [1.82, 2.24) is 4.90 Å². The van der Waals surface area contributed by atoms with Gasteiger partial charge in [0.1, 0.15) is 0 Å². The van der Waals surface area contributed by atoms with Gasteiger partial charge in [-0.25, -0.2) is 0 Å². The molecule has 0 aromatic carbocycles. The fourth-order valence-corrected chi connectivity index (χ4v) is 3.34. The van der Waals surface area contributed by atoms with Crippen molar-refractivity contribution in [2.24, 2.45) is 5.41 Å². The van der Waals surface area contributed by atoms with Gasteiger partial charge in [-0.2, -0.15) is 0 Å². The van der Waals surface area contributed by atoms with E-state index in [0.717, 1.165) is 25.7 Å². The minimum absolute atomic E-state index is 0.0382. The number of hydrogen-bond donors (Lipinski definition) is 1. The van der Waals surface area contributed by atoms with Gasteiger partial charge in [0.05, 0.1) is 19.1 Å². The summed E-state index contributed by atoms with van der Waals surface area (Å²) in [5.41, 5.74) is -0.125. The lowest BCUT2D eigenvalue weighted by Crippen LogP contribution is -2.50. The molecule has 2 rings (SSSR count). The molecule has 1 saturated carbocycles. The maximum Gasteiger partial charge on any atom is 0.306 e. The first-order valence-corrected chi connectivity index (χ1v) is 7.03. The number of carboxylic acids is 1. The Hall–Kier alpha value is -1.43. The normalized spacial score (nSPS) is 23.4.